The summed E-state index contributed by atoms with van der Waals surface area (Å²) >= 11 is 0. The summed E-state index contributed by atoms with van der Waals surface area (Å²) < 4.78 is 40.3. The van der Waals surface area contributed by atoms with Crippen LogP contribution in [-0.4, -0.2) is 53.8 Å². The van der Waals surface area contributed by atoms with Gasteiger partial charge in [-0.1, -0.05) is 0 Å². The number of rotatable bonds is 4. The molecule has 0 aromatic heterocycles. The van der Waals surface area contributed by atoms with Gasteiger partial charge in [0.15, 0.2) is 11.5 Å². The van der Waals surface area contributed by atoms with Crippen LogP contribution < -0.4 is 24.8 Å². The van der Waals surface area contributed by atoms with Gasteiger partial charge < -0.3 is 24.4 Å². The first-order valence-electron chi connectivity index (χ1n) is 9.62. The number of ether oxygens (including phenoxy) is 3. The van der Waals surface area contributed by atoms with Crippen LogP contribution in [0.4, 0.5) is 11.4 Å². The predicted molar refractivity (Wildman–Crippen MR) is 111 cm³/mol. The van der Waals surface area contributed by atoms with E-state index in [0.29, 0.717) is 62.4 Å². The number of benzene rings is 2. The van der Waals surface area contributed by atoms with Crippen molar-refractivity contribution >= 4 is 27.3 Å². The van der Waals surface area contributed by atoms with Gasteiger partial charge >= 0.3 is 0 Å². The first-order chi connectivity index (χ1) is 14.4. The van der Waals surface area contributed by atoms with Crippen molar-refractivity contribution in [2.45, 2.75) is 11.3 Å². The number of nitrogens with zero attached hydrogens (tertiary/aromatic N) is 1. The number of primary sulfonamides is 1. The lowest BCUT2D eigenvalue weighted by molar-refractivity contribution is 0.102. The molecule has 0 bridgehead atoms. The molecular weight excluding hydrogens is 410 g/mol. The first-order valence-corrected chi connectivity index (χ1v) is 11.2. The van der Waals surface area contributed by atoms with Crippen molar-refractivity contribution in [3.05, 3.63) is 42.0 Å². The number of carbonyl (C=O) groups is 1. The highest BCUT2D eigenvalue weighted by Gasteiger charge is 2.22. The summed E-state index contributed by atoms with van der Waals surface area (Å²) in [6.45, 7) is 3.35. The molecule has 160 valence electrons. The fraction of sp³-hybridized carbons (Fsp3) is 0.350. The Hall–Kier alpha value is -2.82. The van der Waals surface area contributed by atoms with Gasteiger partial charge in [-0.05, 0) is 30.3 Å². The van der Waals surface area contributed by atoms with Crippen molar-refractivity contribution in [2.24, 2.45) is 5.14 Å². The molecule has 1 fully saturated rings. The molecule has 4 rings (SSSR count). The quantitative estimate of drug-likeness (QED) is 0.751. The van der Waals surface area contributed by atoms with Crippen LogP contribution in [0.3, 0.4) is 0 Å². The van der Waals surface area contributed by atoms with Crippen LogP contribution in [0.25, 0.3) is 0 Å². The molecule has 1 amide bonds. The first kappa shape index (κ1) is 20.5. The normalized spacial score (nSPS) is 16.6. The van der Waals surface area contributed by atoms with E-state index in [1.807, 2.05) is 4.90 Å². The van der Waals surface area contributed by atoms with Gasteiger partial charge in [0.25, 0.3) is 5.91 Å². The minimum absolute atomic E-state index is 0.122. The Labute approximate surface area is 174 Å². The molecule has 3 N–H and O–H groups in total. The average molecular weight is 433 g/mol. The van der Waals surface area contributed by atoms with Gasteiger partial charge in [-0.3, -0.25) is 4.79 Å². The molecule has 2 heterocycles. The van der Waals surface area contributed by atoms with Gasteiger partial charge in [0.1, 0.15) is 0 Å². The molecule has 10 heteroatoms. The molecular formula is C20H23N3O6S. The maximum absolute atomic E-state index is 13.1. The number of hydrogen-bond acceptors (Lipinski definition) is 7. The topological polar surface area (TPSA) is 120 Å². The number of nitrogens with two attached hydrogens (primary N) is 1. The number of amides is 1. The van der Waals surface area contributed by atoms with Crippen molar-refractivity contribution in [2.75, 3.05) is 49.7 Å². The summed E-state index contributed by atoms with van der Waals surface area (Å²) in [5, 5.41) is 8.09. The summed E-state index contributed by atoms with van der Waals surface area (Å²) in [6, 6.07) is 9.46. The number of hydrogen-bond donors (Lipinski definition) is 2. The van der Waals surface area contributed by atoms with Gasteiger partial charge in [-0.15, -0.1) is 0 Å². The summed E-state index contributed by atoms with van der Waals surface area (Å²) in [6.07, 6.45) is 0.777. The van der Waals surface area contributed by atoms with E-state index in [1.165, 1.54) is 12.1 Å². The number of fused-ring (bicyclic) bond motifs is 1. The molecule has 2 aliphatic heterocycles. The van der Waals surface area contributed by atoms with E-state index < -0.39 is 15.9 Å². The van der Waals surface area contributed by atoms with Crippen LogP contribution in [0.15, 0.2) is 41.3 Å². The molecule has 9 nitrogen and oxygen atoms in total. The Morgan fingerprint density at radius 1 is 0.967 bits per heavy atom. The summed E-state index contributed by atoms with van der Waals surface area (Å²) in [5.41, 5.74) is 1.35. The van der Waals surface area contributed by atoms with E-state index in [2.05, 4.69) is 5.32 Å². The van der Waals surface area contributed by atoms with Crippen LogP contribution in [0.5, 0.6) is 11.5 Å². The molecule has 0 saturated carbocycles. The molecule has 0 unspecified atom stereocenters. The Balaban J connectivity index is 1.65. The van der Waals surface area contributed by atoms with E-state index in [1.54, 1.807) is 24.3 Å². The summed E-state index contributed by atoms with van der Waals surface area (Å²) in [4.78, 5) is 15.0. The lowest BCUT2D eigenvalue weighted by atomic mass is 10.1. The fourth-order valence-electron chi connectivity index (χ4n) is 3.39. The lowest BCUT2D eigenvalue weighted by Gasteiger charge is -2.30. The number of sulfonamides is 1. The Bertz CT molecular complexity index is 1050. The molecule has 0 aliphatic carbocycles. The molecule has 0 spiro atoms. The maximum Gasteiger partial charge on any atom is 0.257 e. The van der Waals surface area contributed by atoms with Gasteiger partial charge in [0, 0.05) is 37.0 Å². The van der Waals surface area contributed by atoms with Crippen LogP contribution in [0, 0.1) is 0 Å². The van der Waals surface area contributed by atoms with Crippen molar-refractivity contribution in [3.8, 4) is 11.5 Å². The molecule has 0 atom stereocenters. The van der Waals surface area contributed by atoms with Crippen molar-refractivity contribution in [1.29, 1.82) is 0 Å². The molecule has 30 heavy (non-hydrogen) atoms. The maximum atomic E-state index is 13.1. The third kappa shape index (κ3) is 4.50. The molecule has 2 aromatic rings. The van der Waals surface area contributed by atoms with Crippen molar-refractivity contribution in [3.63, 3.8) is 0 Å². The van der Waals surface area contributed by atoms with E-state index in [4.69, 9.17) is 19.3 Å². The molecule has 1 saturated heterocycles. The second-order valence-electron chi connectivity index (χ2n) is 6.99. The SMILES string of the molecule is NS(=O)(=O)c1ccc(N2CCOCC2)c(C(=O)Nc2ccc3c(c2)OCCCO3)c1. The van der Waals surface area contributed by atoms with Crippen LogP contribution in [0.1, 0.15) is 16.8 Å². The largest absolute Gasteiger partial charge is 0.490 e. The van der Waals surface area contributed by atoms with E-state index >= 15 is 0 Å². The zero-order valence-corrected chi connectivity index (χ0v) is 17.1. The highest BCUT2D eigenvalue weighted by atomic mass is 32.2. The average Bonchev–Trinajstić information content (AvgIpc) is 2.98. The van der Waals surface area contributed by atoms with Gasteiger partial charge in [-0.2, -0.15) is 0 Å². The standard InChI is InChI=1S/C20H23N3O6S/c21-30(25,26)15-3-4-17(23-6-10-27-11-7-23)16(13-15)20(24)22-14-2-5-18-19(12-14)29-9-1-8-28-18/h2-5,12-13H,1,6-11H2,(H,22,24)(H2,21,25,26). The highest BCUT2D eigenvalue weighted by Crippen LogP contribution is 2.33. The zero-order valence-electron chi connectivity index (χ0n) is 16.3. The Kier molecular flexibility index (Phi) is 5.80. The minimum atomic E-state index is -3.96. The number of morpholine rings is 1. The van der Waals surface area contributed by atoms with Crippen LogP contribution in [-0.2, 0) is 14.8 Å². The van der Waals surface area contributed by atoms with Gasteiger partial charge in [-0.25, -0.2) is 13.6 Å². The van der Waals surface area contributed by atoms with Crippen molar-refractivity contribution < 1.29 is 27.4 Å². The van der Waals surface area contributed by atoms with E-state index in [0.717, 1.165) is 6.42 Å². The molecule has 2 aliphatic rings. The molecule has 0 radical (unpaired) electrons. The van der Waals surface area contributed by atoms with Gasteiger partial charge in [0.05, 0.1) is 36.9 Å². The second kappa shape index (κ2) is 8.50. The van der Waals surface area contributed by atoms with Crippen LogP contribution in [0.2, 0.25) is 0 Å². The third-order valence-electron chi connectivity index (χ3n) is 4.90. The Morgan fingerprint density at radius 3 is 2.43 bits per heavy atom. The van der Waals surface area contributed by atoms with E-state index in [9.17, 15) is 13.2 Å². The summed E-state index contributed by atoms with van der Waals surface area (Å²) in [7, 11) is -3.96. The Morgan fingerprint density at radius 2 is 1.70 bits per heavy atom. The van der Waals surface area contributed by atoms with Crippen LogP contribution >= 0.6 is 0 Å². The van der Waals surface area contributed by atoms with E-state index in [-0.39, 0.29) is 10.5 Å². The monoisotopic (exact) mass is 433 g/mol. The number of carbonyl (C=O) groups excluding carboxylic acids is 1. The lowest BCUT2D eigenvalue weighted by Crippen LogP contribution is -2.37. The second-order valence-corrected chi connectivity index (χ2v) is 8.55. The fourth-order valence-corrected chi connectivity index (χ4v) is 3.93. The molecule has 2 aromatic carbocycles. The third-order valence-corrected chi connectivity index (χ3v) is 5.81. The van der Waals surface area contributed by atoms with Crippen molar-refractivity contribution in [1.82, 2.24) is 0 Å². The predicted octanol–water partition coefficient (Wildman–Crippen LogP) is 1.58. The highest BCUT2D eigenvalue weighted by molar-refractivity contribution is 7.89. The minimum Gasteiger partial charge on any atom is -0.490 e. The summed E-state index contributed by atoms with van der Waals surface area (Å²) in [5.74, 6) is 0.726. The number of anilines is 2. The van der Waals surface area contributed by atoms with Gasteiger partial charge in [0.2, 0.25) is 10.0 Å². The number of nitrogens with one attached hydrogen (secondary N) is 1. The smallest absolute Gasteiger partial charge is 0.257 e. The zero-order chi connectivity index (χ0) is 21.1.